The van der Waals surface area contributed by atoms with E-state index >= 15 is 0 Å². The van der Waals surface area contributed by atoms with Crippen LogP contribution in [0.4, 0.5) is 5.82 Å². The first kappa shape index (κ1) is 13.2. The van der Waals surface area contributed by atoms with Gasteiger partial charge in [0, 0.05) is 11.6 Å². The van der Waals surface area contributed by atoms with Gasteiger partial charge in [0.05, 0.1) is 6.04 Å². The number of carbonyl (C=O) groups is 1. The summed E-state index contributed by atoms with van der Waals surface area (Å²) in [6.45, 7) is 1.61. The minimum Gasteiger partial charge on any atom is -0.320 e. The molecule has 2 aromatic heterocycles. The number of carbonyl (C=O) groups excluding carboxylic acids is 1. The van der Waals surface area contributed by atoms with Crippen molar-refractivity contribution >= 4 is 23.1 Å². The molecule has 6 heteroatoms. The molecule has 0 saturated carbocycles. The highest BCUT2D eigenvalue weighted by Gasteiger charge is 2.07. The number of nitrogens with zero attached hydrogens (tertiary/aromatic N) is 2. The number of anilines is 1. The third kappa shape index (κ3) is 3.88. The summed E-state index contributed by atoms with van der Waals surface area (Å²) in [6.07, 6.45) is 1.70. The van der Waals surface area contributed by atoms with Crippen molar-refractivity contribution in [1.29, 1.82) is 0 Å². The van der Waals surface area contributed by atoms with E-state index < -0.39 is 6.04 Å². The Kier molecular flexibility index (Phi) is 4.23. The van der Waals surface area contributed by atoms with E-state index in [1.165, 1.54) is 11.3 Å². The zero-order valence-corrected chi connectivity index (χ0v) is 11.1. The highest BCUT2D eigenvalue weighted by atomic mass is 32.1. The van der Waals surface area contributed by atoms with Crippen LogP contribution in [0.25, 0.3) is 0 Å². The molecule has 2 rings (SSSR count). The molecule has 1 amide bonds. The van der Waals surface area contributed by atoms with Gasteiger partial charge in [-0.1, -0.05) is 6.07 Å². The number of nitrogens with two attached hydrogens (primary N) is 1. The molecule has 96 valence electrons. The molecular formula is C13H12N4OS. The molecule has 0 aromatic carbocycles. The van der Waals surface area contributed by atoms with Gasteiger partial charge < -0.3 is 11.1 Å². The van der Waals surface area contributed by atoms with Crippen LogP contribution in [0.5, 0.6) is 0 Å². The maximum Gasteiger partial charge on any atom is 0.242 e. The number of aromatic nitrogens is 2. The third-order valence-electron chi connectivity index (χ3n) is 2.14. The summed E-state index contributed by atoms with van der Waals surface area (Å²) < 4.78 is 0. The van der Waals surface area contributed by atoms with Gasteiger partial charge in [0.2, 0.25) is 5.91 Å². The number of nitrogens with one attached hydrogen (secondary N) is 1. The number of rotatable bonds is 2. The standard InChI is InChI=1S/C13H12N4OS/c1-9(14)13(18)17-11-4-2-3-10(16-11)5-6-12-15-7-8-19-12/h2-4,7-9H,14H2,1H3,(H,16,17,18). The SMILES string of the molecule is CC(N)C(=O)Nc1cccc(C#Cc2nccs2)n1. The van der Waals surface area contributed by atoms with Crippen LogP contribution in [0.15, 0.2) is 29.8 Å². The molecule has 1 atom stereocenters. The van der Waals surface area contributed by atoms with Crippen molar-refractivity contribution in [3.05, 3.63) is 40.5 Å². The number of hydrogen-bond donors (Lipinski definition) is 2. The van der Waals surface area contributed by atoms with Gasteiger partial charge in [-0.25, -0.2) is 9.97 Å². The molecular weight excluding hydrogens is 260 g/mol. The highest BCUT2D eigenvalue weighted by Crippen LogP contribution is 2.05. The van der Waals surface area contributed by atoms with E-state index in [0.717, 1.165) is 5.01 Å². The first-order chi connectivity index (χ1) is 9.15. The van der Waals surface area contributed by atoms with E-state index in [-0.39, 0.29) is 5.91 Å². The number of pyridine rings is 1. The summed E-state index contributed by atoms with van der Waals surface area (Å²) in [5.74, 6) is 5.95. The van der Waals surface area contributed by atoms with Crippen molar-refractivity contribution in [2.75, 3.05) is 5.32 Å². The lowest BCUT2D eigenvalue weighted by Gasteiger charge is -2.06. The molecule has 0 aliphatic carbocycles. The molecule has 0 saturated heterocycles. The molecule has 0 aliphatic rings. The minimum atomic E-state index is -0.577. The summed E-state index contributed by atoms with van der Waals surface area (Å²) in [5.41, 5.74) is 6.04. The smallest absolute Gasteiger partial charge is 0.242 e. The Morgan fingerprint density at radius 2 is 2.32 bits per heavy atom. The Bertz CT molecular complexity index is 626. The maximum absolute atomic E-state index is 11.4. The van der Waals surface area contributed by atoms with Crippen molar-refractivity contribution in [3.8, 4) is 11.8 Å². The van der Waals surface area contributed by atoms with Crippen LogP contribution in [0.2, 0.25) is 0 Å². The van der Waals surface area contributed by atoms with Crippen molar-refractivity contribution in [2.45, 2.75) is 13.0 Å². The predicted octanol–water partition coefficient (Wildman–Crippen LogP) is 1.22. The zero-order valence-electron chi connectivity index (χ0n) is 10.3. The van der Waals surface area contributed by atoms with E-state index in [4.69, 9.17) is 5.73 Å². The molecule has 19 heavy (non-hydrogen) atoms. The van der Waals surface area contributed by atoms with Crippen molar-refractivity contribution in [1.82, 2.24) is 9.97 Å². The van der Waals surface area contributed by atoms with Crippen molar-refractivity contribution in [3.63, 3.8) is 0 Å². The van der Waals surface area contributed by atoms with Crippen molar-refractivity contribution in [2.24, 2.45) is 5.73 Å². The quantitative estimate of drug-likeness (QED) is 0.806. The molecule has 0 radical (unpaired) electrons. The minimum absolute atomic E-state index is 0.280. The third-order valence-corrected chi connectivity index (χ3v) is 2.83. The Morgan fingerprint density at radius 1 is 1.47 bits per heavy atom. The van der Waals surface area contributed by atoms with Crippen LogP contribution in [-0.4, -0.2) is 21.9 Å². The Hall–Kier alpha value is -2.23. The van der Waals surface area contributed by atoms with Crippen LogP contribution >= 0.6 is 11.3 Å². The zero-order chi connectivity index (χ0) is 13.7. The normalized spacial score (nSPS) is 11.3. The molecule has 0 fully saturated rings. The molecule has 0 spiro atoms. The summed E-state index contributed by atoms with van der Waals surface area (Å²) >= 11 is 1.46. The summed E-state index contributed by atoms with van der Waals surface area (Å²) in [7, 11) is 0. The van der Waals surface area contributed by atoms with Gasteiger partial charge in [-0.15, -0.1) is 11.3 Å². The van der Waals surface area contributed by atoms with Crippen LogP contribution < -0.4 is 11.1 Å². The first-order valence-electron chi connectivity index (χ1n) is 5.60. The lowest BCUT2D eigenvalue weighted by molar-refractivity contribution is -0.117. The highest BCUT2D eigenvalue weighted by molar-refractivity contribution is 7.10. The fourth-order valence-electron chi connectivity index (χ4n) is 1.22. The largest absolute Gasteiger partial charge is 0.320 e. The van der Waals surface area contributed by atoms with E-state index in [9.17, 15) is 4.79 Å². The fourth-order valence-corrected chi connectivity index (χ4v) is 1.70. The molecule has 1 unspecified atom stereocenters. The van der Waals surface area contributed by atoms with Crippen LogP contribution in [0.3, 0.4) is 0 Å². The molecule has 0 bridgehead atoms. The molecule has 2 aromatic rings. The van der Waals surface area contributed by atoms with Crippen molar-refractivity contribution < 1.29 is 4.79 Å². The van der Waals surface area contributed by atoms with E-state index in [0.29, 0.717) is 11.5 Å². The van der Waals surface area contributed by atoms with Gasteiger partial charge in [0.15, 0.2) is 5.01 Å². The van der Waals surface area contributed by atoms with Crippen LogP contribution in [0, 0.1) is 11.8 Å². The second-order valence-electron chi connectivity index (χ2n) is 3.77. The molecule has 3 N–H and O–H groups in total. The number of amides is 1. The molecule has 2 heterocycles. The monoisotopic (exact) mass is 272 g/mol. The van der Waals surface area contributed by atoms with Gasteiger partial charge in [-0.3, -0.25) is 4.79 Å². The van der Waals surface area contributed by atoms with Gasteiger partial charge in [0.1, 0.15) is 11.5 Å². The average Bonchev–Trinajstić information content (AvgIpc) is 2.90. The van der Waals surface area contributed by atoms with Gasteiger partial charge >= 0.3 is 0 Å². The topological polar surface area (TPSA) is 80.9 Å². The van der Waals surface area contributed by atoms with Gasteiger partial charge in [0.25, 0.3) is 0 Å². The molecule has 0 aliphatic heterocycles. The Labute approximate surface area is 114 Å². The van der Waals surface area contributed by atoms with E-state index in [1.807, 2.05) is 5.38 Å². The average molecular weight is 272 g/mol. The maximum atomic E-state index is 11.4. The lowest BCUT2D eigenvalue weighted by atomic mass is 10.3. The first-order valence-corrected chi connectivity index (χ1v) is 6.48. The van der Waals surface area contributed by atoms with Gasteiger partial charge in [-0.05, 0) is 30.9 Å². The van der Waals surface area contributed by atoms with Crippen LogP contribution in [0.1, 0.15) is 17.6 Å². The second kappa shape index (κ2) is 6.09. The second-order valence-corrected chi connectivity index (χ2v) is 4.67. The lowest BCUT2D eigenvalue weighted by Crippen LogP contribution is -2.32. The summed E-state index contributed by atoms with van der Waals surface area (Å²) in [6, 6.07) is 4.65. The Morgan fingerprint density at radius 3 is 3.00 bits per heavy atom. The van der Waals surface area contributed by atoms with E-state index in [1.54, 1.807) is 31.3 Å². The number of hydrogen-bond acceptors (Lipinski definition) is 5. The Balaban J connectivity index is 2.13. The summed E-state index contributed by atoms with van der Waals surface area (Å²) in [5, 5.41) is 5.21. The predicted molar refractivity (Wildman–Crippen MR) is 74.6 cm³/mol. The fraction of sp³-hybridized carbons (Fsp3) is 0.154. The van der Waals surface area contributed by atoms with E-state index in [2.05, 4.69) is 27.1 Å². The molecule has 5 nitrogen and oxygen atoms in total. The summed E-state index contributed by atoms with van der Waals surface area (Å²) in [4.78, 5) is 19.7. The van der Waals surface area contributed by atoms with Crippen LogP contribution in [-0.2, 0) is 4.79 Å². The number of thiazole rings is 1. The van der Waals surface area contributed by atoms with Gasteiger partial charge in [-0.2, -0.15) is 0 Å².